The summed E-state index contributed by atoms with van der Waals surface area (Å²) in [4.78, 5) is 26.0. The maximum absolute atomic E-state index is 13.0. The maximum atomic E-state index is 13.0. The van der Waals surface area contributed by atoms with Crippen LogP contribution in [-0.4, -0.2) is 58.6 Å². The molecule has 35 heavy (non-hydrogen) atoms. The molecule has 0 aliphatic carbocycles. The second-order valence-electron chi connectivity index (χ2n) is 8.57. The van der Waals surface area contributed by atoms with E-state index in [1.165, 1.54) is 23.6 Å². The summed E-state index contributed by atoms with van der Waals surface area (Å²) in [5.74, 6) is 2.38. The van der Waals surface area contributed by atoms with Crippen molar-refractivity contribution >= 4 is 28.8 Å². The number of nitrogens with zero attached hydrogens (tertiary/aromatic N) is 4. The van der Waals surface area contributed by atoms with E-state index < -0.39 is 0 Å². The third-order valence-electron chi connectivity index (χ3n) is 6.19. The van der Waals surface area contributed by atoms with Crippen molar-refractivity contribution in [1.82, 2.24) is 19.8 Å². The van der Waals surface area contributed by atoms with Crippen LogP contribution >= 0.6 is 11.8 Å². The summed E-state index contributed by atoms with van der Waals surface area (Å²) < 4.78 is 22.2. The Morgan fingerprint density at radius 2 is 1.91 bits per heavy atom. The van der Waals surface area contributed by atoms with E-state index in [4.69, 9.17) is 18.3 Å². The number of amides is 1. The van der Waals surface area contributed by atoms with Gasteiger partial charge in [0.15, 0.2) is 22.8 Å². The van der Waals surface area contributed by atoms with Gasteiger partial charge >= 0.3 is 0 Å². The van der Waals surface area contributed by atoms with E-state index in [0.29, 0.717) is 35.6 Å². The number of benzene rings is 2. The fraction of sp³-hybridized carbons (Fsp3) is 0.320. The monoisotopic (exact) mass is 492 g/mol. The first kappa shape index (κ1) is 22.0. The molecule has 2 aliphatic heterocycles. The fourth-order valence-corrected chi connectivity index (χ4v) is 4.98. The largest absolute Gasteiger partial charge is 0.454 e. The zero-order valence-corrected chi connectivity index (χ0v) is 20.0. The van der Waals surface area contributed by atoms with Crippen molar-refractivity contribution in [1.29, 1.82) is 0 Å². The quantitative estimate of drug-likeness (QED) is 0.369. The van der Waals surface area contributed by atoms with Crippen molar-refractivity contribution in [2.24, 2.45) is 0 Å². The van der Waals surface area contributed by atoms with E-state index in [9.17, 15) is 4.79 Å². The summed E-state index contributed by atoms with van der Waals surface area (Å²) >= 11 is 1.39. The van der Waals surface area contributed by atoms with Gasteiger partial charge in [0, 0.05) is 32.7 Å². The summed E-state index contributed by atoms with van der Waals surface area (Å²) in [7, 11) is 0. The molecule has 2 aliphatic rings. The highest BCUT2D eigenvalue weighted by molar-refractivity contribution is 7.98. The van der Waals surface area contributed by atoms with E-state index in [2.05, 4.69) is 20.9 Å². The number of para-hydroxylation sites is 1. The van der Waals surface area contributed by atoms with Crippen LogP contribution in [0.1, 0.15) is 27.5 Å². The molecule has 0 atom stereocenters. The van der Waals surface area contributed by atoms with Crippen LogP contribution in [0.25, 0.3) is 11.1 Å². The van der Waals surface area contributed by atoms with Crippen molar-refractivity contribution in [3.05, 3.63) is 65.4 Å². The number of hydrogen-bond donors (Lipinski definition) is 0. The maximum Gasteiger partial charge on any atom is 0.275 e. The Balaban J connectivity index is 1.02. The van der Waals surface area contributed by atoms with Crippen LogP contribution in [0.15, 0.2) is 56.7 Å². The van der Waals surface area contributed by atoms with Crippen LogP contribution in [0.5, 0.6) is 11.5 Å². The molecule has 2 aromatic carbocycles. The first-order valence-electron chi connectivity index (χ1n) is 11.5. The highest BCUT2D eigenvalue weighted by Crippen LogP contribution is 2.33. The third-order valence-corrected chi connectivity index (χ3v) is 7.01. The molecule has 6 rings (SSSR count). The number of carbonyl (C=O) groups excluding carboxylic acids is 1. The van der Waals surface area contributed by atoms with Gasteiger partial charge in [0.2, 0.25) is 12.7 Å². The number of rotatable bonds is 6. The number of ether oxygens (including phenoxy) is 2. The van der Waals surface area contributed by atoms with Gasteiger partial charge in [-0.25, -0.2) is 9.97 Å². The number of carbonyl (C=O) groups is 1. The van der Waals surface area contributed by atoms with E-state index in [1.807, 2.05) is 42.2 Å². The normalized spacial score (nSPS) is 15.7. The Kier molecular flexibility index (Phi) is 5.83. The third kappa shape index (κ3) is 4.59. The molecule has 0 bridgehead atoms. The lowest BCUT2D eigenvalue weighted by Gasteiger charge is -2.34. The van der Waals surface area contributed by atoms with Gasteiger partial charge in [0.1, 0.15) is 11.8 Å². The number of aryl methyl sites for hydroxylation is 1. The number of piperazine rings is 1. The summed E-state index contributed by atoms with van der Waals surface area (Å²) in [6, 6.07) is 11.9. The molecular weight excluding hydrogens is 468 g/mol. The molecule has 0 N–H and O–H groups in total. The molecule has 10 heteroatoms. The molecule has 9 nitrogen and oxygen atoms in total. The van der Waals surface area contributed by atoms with Gasteiger partial charge in [0.05, 0.1) is 5.75 Å². The number of oxazole rings is 2. The lowest BCUT2D eigenvalue weighted by Crippen LogP contribution is -2.48. The Hall–Kier alpha value is -3.50. The molecule has 0 unspecified atom stereocenters. The molecule has 2 aromatic heterocycles. The van der Waals surface area contributed by atoms with Crippen LogP contribution in [0.4, 0.5) is 0 Å². The first-order valence-corrected chi connectivity index (χ1v) is 12.4. The predicted octanol–water partition coefficient (Wildman–Crippen LogP) is 4.10. The van der Waals surface area contributed by atoms with E-state index in [-0.39, 0.29) is 12.7 Å². The van der Waals surface area contributed by atoms with E-state index in [0.717, 1.165) is 47.8 Å². The molecule has 0 saturated carbocycles. The number of aromatic nitrogens is 2. The molecule has 4 aromatic rings. The minimum absolute atomic E-state index is 0.106. The summed E-state index contributed by atoms with van der Waals surface area (Å²) in [6.07, 6.45) is 1.44. The second kappa shape index (κ2) is 9.27. The van der Waals surface area contributed by atoms with Crippen molar-refractivity contribution in [3.8, 4) is 11.5 Å². The highest BCUT2D eigenvalue weighted by atomic mass is 32.2. The Morgan fingerprint density at radius 3 is 2.77 bits per heavy atom. The van der Waals surface area contributed by atoms with E-state index in [1.54, 1.807) is 0 Å². The number of fused-ring (bicyclic) bond motifs is 2. The number of hydrogen-bond acceptors (Lipinski definition) is 9. The molecule has 0 radical (unpaired) electrons. The topological polar surface area (TPSA) is 94.1 Å². The van der Waals surface area contributed by atoms with Gasteiger partial charge in [-0.2, -0.15) is 0 Å². The van der Waals surface area contributed by atoms with Crippen LogP contribution < -0.4 is 9.47 Å². The molecular formula is C25H24N4O5S. The summed E-state index contributed by atoms with van der Waals surface area (Å²) in [5, 5.41) is 0.555. The Labute approximate surface area is 206 Å². The lowest BCUT2D eigenvalue weighted by atomic mass is 10.1. The summed E-state index contributed by atoms with van der Waals surface area (Å²) in [5.41, 5.74) is 4.18. The molecule has 1 amide bonds. The minimum atomic E-state index is -0.106. The minimum Gasteiger partial charge on any atom is -0.454 e. The van der Waals surface area contributed by atoms with Crippen LogP contribution in [0.3, 0.4) is 0 Å². The lowest BCUT2D eigenvalue weighted by molar-refractivity contribution is 0.0622. The zero-order valence-electron chi connectivity index (χ0n) is 19.2. The van der Waals surface area contributed by atoms with Crippen molar-refractivity contribution in [2.75, 3.05) is 33.0 Å². The van der Waals surface area contributed by atoms with Gasteiger partial charge in [-0.15, -0.1) is 0 Å². The molecule has 0 spiro atoms. The highest BCUT2D eigenvalue weighted by Gasteiger charge is 2.25. The predicted molar refractivity (Wildman–Crippen MR) is 129 cm³/mol. The summed E-state index contributed by atoms with van der Waals surface area (Å²) in [6.45, 7) is 5.95. The van der Waals surface area contributed by atoms with Crippen LogP contribution in [-0.2, 0) is 12.3 Å². The van der Waals surface area contributed by atoms with Crippen molar-refractivity contribution in [2.45, 2.75) is 24.4 Å². The van der Waals surface area contributed by atoms with Gasteiger partial charge in [-0.1, -0.05) is 30.0 Å². The fourth-order valence-electron chi connectivity index (χ4n) is 4.30. The molecule has 1 fully saturated rings. The Morgan fingerprint density at radius 1 is 1.06 bits per heavy atom. The molecule has 4 heterocycles. The zero-order chi connectivity index (χ0) is 23.8. The van der Waals surface area contributed by atoms with Crippen LogP contribution in [0.2, 0.25) is 0 Å². The van der Waals surface area contributed by atoms with Gasteiger partial charge in [-0.05, 0) is 36.2 Å². The van der Waals surface area contributed by atoms with Gasteiger partial charge in [0.25, 0.3) is 11.1 Å². The first-order chi connectivity index (χ1) is 17.1. The van der Waals surface area contributed by atoms with Gasteiger partial charge in [-0.3, -0.25) is 9.69 Å². The Bertz CT molecular complexity index is 1380. The van der Waals surface area contributed by atoms with Crippen molar-refractivity contribution < 1.29 is 23.1 Å². The molecule has 1 saturated heterocycles. The van der Waals surface area contributed by atoms with E-state index >= 15 is 0 Å². The van der Waals surface area contributed by atoms with Crippen molar-refractivity contribution in [3.63, 3.8) is 0 Å². The second-order valence-corrected chi connectivity index (χ2v) is 9.50. The number of thioether (sulfide) groups is 1. The standard InChI is InChI=1S/C25H24N4O5S/c1-16-3-2-4-20-23(16)27-25(34-20)35-14-22-26-18(13-31-22)24(30)29-9-7-28(8-10-29)12-17-5-6-19-21(11-17)33-15-32-19/h2-6,11,13H,7-10,12,14-15H2,1H3. The molecule has 180 valence electrons. The SMILES string of the molecule is Cc1cccc2oc(SCc3nc(C(=O)N4CCN(Cc5ccc6c(c5)OCO6)CC4)co3)nc12. The average molecular weight is 493 g/mol. The van der Waals surface area contributed by atoms with Crippen LogP contribution in [0, 0.1) is 6.92 Å². The van der Waals surface area contributed by atoms with Gasteiger partial charge < -0.3 is 23.2 Å². The average Bonchev–Trinajstić information content (AvgIpc) is 3.62. The smallest absolute Gasteiger partial charge is 0.275 e.